The van der Waals surface area contributed by atoms with Crippen LogP contribution in [0.25, 0.3) is 21.9 Å². The van der Waals surface area contributed by atoms with E-state index in [4.69, 9.17) is 0 Å². The molecule has 3 heteroatoms. The molecule has 3 aromatic carbocycles. The SMILES string of the molecule is CCc1cc2c(-c3ccccc3)cccc2[cH-]1.[Hf].[I-].[I-]. The first-order valence-corrected chi connectivity index (χ1v) is 6.12. The average Bonchev–Trinajstić information content (AvgIpc) is 2.82. The molecule has 3 aromatic rings. The molecule has 0 aliphatic rings. The Hall–Kier alpha value is 0.380. The monoisotopic (exact) mass is 653 g/mol. The van der Waals surface area contributed by atoms with Crippen LogP contribution < -0.4 is 48.0 Å². The zero-order chi connectivity index (χ0) is 11.7. The van der Waals surface area contributed by atoms with Crippen LogP contribution in [-0.2, 0) is 32.3 Å². The molecule has 104 valence electrons. The van der Waals surface area contributed by atoms with Gasteiger partial charge in [-0.25, -0.2) is 0 Å². The van der Waals surface area contributed by atoms with E-state index in [-0.39, 0.29) is 73.8 Å². The van der Waals surface area contributed by atoms with E-state index >= 15 is 0 Å². The van der Waals surface area contributed by atoms with E-state index in [1.165, 1.54) is 27.5 Å². The molecule has 0 spiro atoms. The molecule has 0 amide bonds. The molecule has 0 fully saturated rings. The molecular weight excluding hydrogens is 636 g/mol. The fourth-order valence-electron chi connectivity index (χ4n) is 2.37. The van der Waals surface area contributed by atoms with Crippen LogP contribution in [0.4, 0.5) is 0 Å². The van der Waals surface area contributed by atoms with Gasteiger partial charge in [-0.3, -0.25) is 0 Å². The van der Waals surface area contributed by atoms with Crippen molar-refractivity contribution in [3.05, 3.63) is 66.2 Å². The Morgan fingerprint density at radius 2 is 1.60 bits per heavy atom. The van der Waals surface area contributed by atoms with Gasteiger partial charge in [-0.05, 0) is 12.0 Å². The quantitative estimate of drug-likeness (QED) is 0.186. The van der Waals surface area contributed by atoms with Crippen molar-refractivity contribution < 1.29 is 73.8 Å². The van der Waals surface area contributed by atoms with Crippen LogP contribution >= 0.6 is 0 Å². The molecule has 0 unspecified atom stereocenters. The second-order valence-corrected chi connectivity index (χ2v) is 4.39. The maximum atomic E-state index is 2.32. The Morgan fingerprint density at radius 3 is 2.25 bits per heavy atom. The summed E-state index contributed by atoms with van der Waals surface area (Å²) in [6.07, 6.45) is 1.10. The first-order chi connectivity index (χ1) is 8.38. The third-order valence-corrected chi connectivity index (χ3v) is 3.30. The Labute approximate surface area is 173 Å². The standard InChI is InChI=1S/C17H15.Hf.2HI/c1-2-13-11-15-9-6-10-16(17(15)12-13)14-7-4-3-5-8-14;;;/h3-12H,2H2,1H3;;2*1H/q-1;;;/p-2. The maximum Gasteiger partial charge on any atom is 0 e. The van der Waals surface area contributed by atoms with Crippen molar-refractivity contribution in [2.24, 2.45) is 0 Å². The van der Waals surface area contributed by atoms with Gasteiger partial charge in [-0.2, -0.15) is 6.07 Å². The molecule has 0 heterocycles. The predicted molar refractivity (Wildman–Crippen MR) is 74.4 cm³/mol. The van der Waals surface area contributed by atoms with Crippen LogP contribution in [0.15, 0.2) is 60.7 Å². The number of hydrogen-bond donors (Lipinski definition) is 0. The minimum Gasteiger partial charge on any atom is -1.00 e. The van der Waals surface area contributed by atoms with Gasteiger partial charge in [0.05, 0.1) is 0 Å². The van der Waals surface area contributed by atoms with E-state index in [9.17, 15) is 0 Å². The van der Waals surface area contributed by atoms with E-state index in [1.54, 1.807) is 0 Å². The second kappa shape index (κ2) is 9.41. The van der Waals surface area contributed by atoms with Gasteiger partial charge in [0.25, 0.3) is 0 Å². The van der Waals surface area contributed by atoms with Crippen molar-refractivity contribution in [1.29, 1.82) is 0 Å². The van der Waals surface area contributed by atoms with Crippen LogP contribution in [0.3, 0.4) is 0 Å². The Kier molecular flexibility index (Phi) is 9.59. The Morgan fingerprint density at radius 1 is 0.900 bits per heavy atom. The molecule has 0 aromatic heterocycles. The number of aryl methyl sites for hydroxylation is 1. The second-order valence-electron chi connectivity index (χ2n) is 4.39. The first-order valence-electron chi connectivity index (χ1n) is 6.12. The molecule has 0 aliphatic carbocycles. The summed E-state index contributed by atoms with van der Waals surface area (Å²) in [6.45, 7) is 2.20. The van der Waals surface area contributed by atoms with Crippen molar-refractivity contribution in [3.63, 3.8) is 0 Å². The van der Waals surface area contributed by atoms with E-state index in [2.05, 4.69) is 67.6 Å². The summed E-state index contributed by atoms with van der Waals surface area (Å²) in [5, 5.41) is 2.72. The van der Waals surface area contributed by atoms with Gasteiger partial charge in [-0.1, -0.05) is 48.9 Å². The number of fused-ring (bicyclic) bond motifs is 1. The third kappa shape index (κ3) is 4.19. The molecule has 0 saturated carbocycles. The van der Waals surface area contributed by atoms with Gasteiger partial charge in [-0.15, -0.1) is 34.5 Å². The zero-order valence-corrected chi connectivity index (χ0v) is 19.1. The van der Waals surface area contributed by atoms with Gasteiger partial charge >= 0.3 is 0 Å². The van der Waals surface area contributed by atoms with E-state index in [1.807, 2.05) is 0 Å². The molecule has 0 saturated heterocycles. The number of benzene rings is 2. The fourth-order valence-corrected chi connectivity index (χ4v) is 2.37. The molecule has 0 N–H and O–H groups in total. The molecule has 0 aliphatic heterocycles. The molecule has 0 radical (unpaired) electrons. The van der Waals surface area contributed by atoms with Crippen LogP contribution in [0, 0.1) is 0 Å². The molecule has 20 heavy (non-hydrogen) atoms. The summed E-state index contributed by atoms with van der Waals surface area (Å²) in [6, 6.07) is 21.8. The van der Waals surface area contributed by atoms with Gasteiger partial charge in [0.15, 0.2) is 0 Å². The number of halogens is 2. The van der Waals surface area contributed by atoms with Crippen LogP contribution in [0.1, 0.15) is 12.5 Å². The van der Waals surface area contributed by atoms with E-state index < -0.39 is 0 Å². The summed E-state index contributed by atoms with van der Waals surface area (Å²) in [5.74, 6) is 0. The van der Waals surface area contributed by atoms with E-state index in [0.29, 0.717) is 0 Å². The molecular formula is C17H15HfI2-3. The normalized spacial score (nSPS) is 9.25. The Bertz CT molecular complexity index is 644. The Balaban J connectivity index is 0.00000120. The maximum absolute atomic E-state index is 2.32. The summed E-state index contributed by atoms with van der Waals surface area (Å²) in [7, 11) is 0. The smallest absolute Gasteiger partial charge is 0 e. The average molecular weight is 652 g/mol. The van der Waals surface area contributed by atoms with Gasteiger partial charge in [0.2, 0.25) is 0 Å². The van der Waals surface area contributed by atoms with Crippen LogP contribution in [-0.4, -0.2) is 0 Å². The fraction of sp³-hybridized carbons (Fsp3) is 0.118. The molecule has 3 rings (SSSR count). The third-order valence-electron chi connectivity index (χ3n) is 3.30. The molecule has 0 nitrogen and oxygen atoms in total. The van der Waals surface area contributed by atoms with Crippen molar-refractivity contribution in [2.75, 3.05) is 0 Å². The number of hydrogen-bond acceptors (Lipinski definition) is 0. The van der Waals surface area contributed by atoms with Gasteiger partial charge in [0, 0.05) is 25.8 Å². The molecule has 0 bridgehead atoms. The summed E-state index contributed by atoms with van der Waals surface area (Å²) < 4.78 is 0. The van der Waals surface area contributed by atoms with Crippen molar-refractivity contribution in [1.82, 2.24) is 0 Å². The van der Waals surface area contributed by atoms with Gasteiger partial charge in [0.1, 0.15) is 0 Å². The number of rotatable bonds is 2. The zero-order valence-electron chi connectivity index (χ0n) is 11.2. The summed E-state index contributed by atoms with van der Waals surface area (Å²) in [4.78, 5) is 0. The van der Waals surface area contributed by atoms with E-state index in [0.717, 1.165) is 6.42 Å². The van der Waals surface area contributed by atoms with Crippen molar-refractivity contribution in [3.8, 4) is 11.1 Å². The summed E-state index contributed by atoms with van der Waals surface area (Å²) >= 11 is 0. The predicted octanol–water partition coefficient (Wildman–Crippen LogP) is -1.21. The van der Waals surface area contributed by atoms with Crippen LogP contribution in [0.5, 0.6) is 0 Å². The van der Waals surface area contributed by atoms with Gasteiger partial charge < -0.3 is 48.0 Å². The minimum atomic E-state index is 0. The molecule has 0 atom stereocenters. The summed E-state index contributed by atoms with van der Waals surface area (Å²) in [5.41, 5.74) is 4.05. The van der Waals surface area contributed by atoms with Crippen molar-refractivity contribution in [2.45, 2.75) is 13.3 Å². The topological polar surface area (TPSA) is 0 Å². The first kappa shape index (κ1) is 20.4. The minimum absolute atomic E-state index is 0. The van der Waals surface area contributed by atoms with Crippen molar-refractivity contribution >= 4 is 10.8 Å². The van der Waals surface area contributed by atoms with Crippen LogP contribution in [0.2, 0.25) is 0 Å². The largest absolute Gasteiger partial charge is 1.00 e.